The van der Waals surface area contributed by atoms with Gasteiger partial charge in [0.05, 0.1) is 0 Å². The van der Waals surface area contributed by atoms with E-state index in [1.165, 1.54) is 29.5 Å². The van der Waals surface area contributed by atoms with E-state index < -0.39 is 0 Å². The number of rotatable bonds is 7. The lowest BCUT2D eigenvalue weighted by Crippen LogP contribution is -2.44. The van der Waals surface area contributed by atoms with Crippen molar-refractivity contribution in [2.24, 2.45) is 5.41 Å². The summed E-state index contributed by atoms with van der Waals surface area (Å²) < 4.78 is 4.99. The highest BCUT2D eigenvalue weighted by atomic mass is 16.5. The molecule has 0 saturated carbocycles. The van der Waals surface area contributed by atoms with E-state index >= 15 is 0 Å². The standard InChI is InChI=1S/C21H30N2O3/c1-17-4-5-19(18(2)20(17)12-26-16-25)6-10-22-11-8-21(13-22)7-3-9-23(14-21)15-24/h4-5,15-16H,3,6-14H2,1-2H3. The zero-order chi connectivity index (χ0) is 18.6. The molecule has 5 nitrogen and oxygen atoms in total. The minimum atomic E-state index is 0.310. The SMILES string of the molecule is Cc1ccc(CCN2CCC3(CCCN(C=O)C3)C2)c(C)c1COC=O. The number of aryl methyl sites for hydroxylation is 1. The van der Waals surface area contributed by atoms with E-state index in [1.54, 1.807) is 0 Å². The molecule has 3 rings (SSSR count). The van der Waals surface area contributed by atoms with Gasteiger partial charge < -0.3 is 14.5 Å². The summed E-state index contributed by atoms with van der Waals surface area (Å²) in [6, 6.07) is 4.33. The summed E-state index contributed by atoms with van der Waals surface area (Å²) in [4.78, 5) is 26.2. The molecular formula is C21H30N2O3. The molecule has 1 aromatic carbocycles. The summed E-state index contributed by atoms with van der Waals surface area (Å²) in [5.41, 5.74) is 5.18. The minimum absolute atomic E-state index is 0.310. The van der Waals surface area contributed by atoms with Crippen molar-refractivity contribution in [3.8, 4) is 0 Å². The molecule has 0 bridgehead atoms. The maximum absolute atomic E-state index is 11.1. The number of piperidine rings is 1. The quantitative estimate of drug-likeness (QED) is 0.703. The molecular weight excluding hydrogens is 328 g/mol. The van der Waals surface area contributed by atoms with Gasteiger partial charge in [0, 0.05) is 31.6 Å². The fraction of sp³-hybridized carbons (Fsp3) is 0.619. The van der Waals surface area contributed by atoms with E-state index in [-0.39, 0.29) is 0 Å². The van der Waals surface area contributed by atoms with Gasteiger partial charge in [-0.3, -0.25) is 9.59 Å². The van der Waals surface area contributed by atoms with Crippen molar-refractivity contribution < 1.29 is 14.3 Å². The van der Waals surface area contributed by atoms with E-state index in [0.29, 0.717) is 18.5 Å². The third kappa shape index (κ3) is 4.09. The van der Waals surface area contributed by atoms with Gasteiger partial charge in [-0.1, -0.05) is 12.1 Å². The summed E-state index contributed by atoms with van der Waals surface area (Å²) in [7, 11) is 0. The first kappa shape index (κ1) is 18.9. The highest BCUT2D eigenvalue weighted by Gasteiger charge is 2.40. The lowest BCUT2D eigenvalue weighted by Gasteiger charge is -2.38. The lowest BCUT2D eigenvalue weighted by atomic mass is 9.79. The second kappa shape index (κ2) is 8.21. The third-order valence-corrected chi connectivity index (χ3v) is 6.30. The number of likely N-dealkylation sites (tertiary alicyclic amines) is 2. The zero-order valence-electron chi connectivity index (χ0n) is 16.0. The molecule has 142 valence electrons. The highest BCUT2D eigenvalue weighted by molar-refractivity contribution is 5.47. The van der Waals surface area contributed by atoms with Crippen LogP contribution in [0.1, 0.15) is 41.5 Å². The molecule has 26 heavy (non-hydrogen) atoms. The molecule has 2 saturated heterocycles. The minimum Gasteiger partial charge on any atom is -0.463 e. The van der Waals surface area contributed by atoms with Crippen LogP contribution in [0.2, 0.25) is 0 Å². The molecule has 1 unspecified atom stereocenters. The molecule has 5 heteroatoms. The Morgan fingerprint density at radius 2 is 2.00 bits per heavy atom. The topological polar surface area (TPSA) is 49.9 Å². The van der Waals surface area contributed by atoms with Crippen LogP contribution < -0.4 is 0 Å². The summed E-state index contributed by atoms with van der Waals surface area (Å²) in [6.45, 7) is 10.2. The first-order chi connectivity index (χ1) is 12.6. The molecule has 2 heterocycles. The summed E-state index contributed by atoms with van der Waals surface area (Å²) in [6.07, 6.45) is 5.59. The van der Waals surface area contributed by atoms with Crippen molar-refractivity contribution in [1.29, 1.82) is 0 Å². The number of ether oxygens (including phenoxy) is 1. The van der Waals surface area contributed by atoms with Crippen LogP contribution in [0.25, 0.3) is 0 Å². The van der Waals surface area contributed by atoms with Crippen molar-refractivity contribution in [2.45, 2.75) is 46.1 Å². The van der Waals surface area contributed by atoms with E-state index in [0.717, 1.165) is 57.5 Å². The van der Waals surface area contributed by atoms with Crippen LogP contribution in [0.3, 0.4) is 0 Å². The molecule has 1 spiro atoms. The monoisotopic (exact) mass is 358 g/mol. The van der Waals surface area contributed by atoms with Crippen molar-refractivity contribution in [2.75, 3.05) is 32.7 Å². The molecule has 0 N–H and O–H groups in total. The average Bonchev–Trinajstić information content (AvgIpc) is 3.03. The van der Waals surface area contributed by atoms with Gasteiger partial charge in [0.2, 0.25) is 6.41 Å². The number of benzene rings is 1. The van der Waals surface area contributed by atoms with Crippen LogP contribution in [0, 0.1) is 19.3 Å². The van der Waals surface area contributed by atoms with Crippen molar-refractivity contribution in [3.63, 3.8) is 0 Å². The Bertz CT molecular complexity index is 661. The molecule has 0 aromatic heterocycles. The van der Waals surface area contributed by atoms with Crippen LogP contribution in [0.15, 0.2) is 12.1 Å². The zero-order valence-corrected chi connectivity index (χ0v) is 16.0. The van der Waals surface area contributed by atoms with Crippen LogP contribution in [0.5, 0.6) is 0 Å². The van der Waals surface area contributed by atoms with E-state index in [4.69, 9.17) is 4.74 Å². The second-order valence-electron chi connectivity index (χ2n) is 8.01. The number of carbonyl (C=O) groups excluding carboxylic acids is 2. The molecule has 0 radical (unpaired) electrons. The van der Waals surface area contributed by atoms with Gasteiger partial charge in [0.25, 0.3) is 6.47 Å². The Hall–Kier alpha value is -1.88. The van der Waals surface area contributed by atoms with Crippen molar-refractivity contribution in [3.05, 3.63) is 34.4 Å². The number of nitrogens with zero attached hydrogens (tertiary/aromatic N) is 2. The van der Waals surface area contributed by atoms with Gasteiger partial charge in [-0.2, -0.15) is 0 Å². The summed E-state index contributed by atoms with van der Waals surface area (Å²) in [5, 5.41) is 0. The molecule has 2 fully saturated rings. The molecule has 2 aliphatic heterocycles. The van der Waals surface area contributed by atoms with Crippen molar-refractivity contribution in [1.82, 2.24) is 9.80 Å². The number of hydrogen-bond donors (Lipinski definition) is 0. The Labute approximate surface area is 156 Å². The van der Waals surface area contributed by atoms with Crippen LogP contribution in [0.4, 0.5) is 0 Å². The Balaban J connectivity index is 1.60. The Morgan fingerprint density at radius 3 is 2.77 bits per heavy atom. The van der Waals surface area contributed by atoms with Gasteiger partial charge in [0.15, 0.2) is 0 Å². The number of carbonyl (C=O) groups is 2. The maximum atomic E-state index is 11.1. The molecule has 1 atom stereocenters. The first-order valence-corrected chi connectivity index (χ1v) is 9.62. The van der Waals surface area contributed by atoms with E-state index in [1.807, 2.05) is 4.90 Å². The summed E-state index contributed by atoms with van der Waals surface area (Å²) in [5.74, 6) is 0. The summed E-state index contributed by atoms with van der Waals surface area (Å²) >= 11 is 0. The normalized spacial score (nSPS) is 23.4. The first-order valence-electron chi connectivity index (χ1n) is 9.62. The molecule has 0 aliphatic carbocycles. The van der Waals surface area contributed by atoms with Gasteiger partial charge in [-0.05, 0) is 68.3 Å². The van der Waals surface area contributed by atoms with Crippen LogP contribution in [-0.2, 0) is 27.4 Å². The Morgan fingerprint density at radius 1 is 1.15 bits per heavy atom. The highest BCUT2D eigenvalue weighted by Crippen LogP contribution is 2.38. The number of amides is 1. The fourth-order valence-electron chi connectivity index (χ4n) is 4.72. The maximum Gasteiger partial charge on any atom is 0.293 e. The van der Waals surface area contributed by atoms with E-state index in [9.17, 15) is 9.59 Å². The predicted octanol–water partition coefficient (Wildman–Crippen LogP) is 2.46. The van der Waals surface area contributed by atoms with Crippen molar-refractivity contribution >= 4 is 12.9 Å². The fourth-order valence-corrected chi connectivity index (χ4v) is 4.72. The third-order valence-electron chi connectivity index (χ3n) is 6.30. The van der Waals surface area contributed by atoms with Crippen LogP contribution >= 0.6 is 0 Å². The van der Waals surface area contributed by atoms with Gasteiger partial charge in [-0.15, -0.1) is 0 Å². The Kier molecular flexibility index (Phi) is 5.97. The van der Waals surface area contributed by atoms with Gasteiger partial charge in [0.1, 0.15) is 6.61 Å². The molecule has 2 aliphatic rings. The predicted molar refractivity (Wildman–Crippen MR) is 101 cm³/mol. The van der Waals surface area contributed by atoms with Gasteiger partial charge in [-0.25, -0.2) is 0 Å². The lowest BCUT2D eigenvalue weighted by molar-refractivity contribution is -0.129. The smallest absolute Gasteiger partial charge is 0.293 e. The molecule has 1 aromatic rings. The molecule has 1 amide bonds. The van der Waals surface area contributed by atoms with Crippen LogP contribution in [-0.4, -0.2) is 55.4 Å². The van der Waals surface area contributed by atoms with E-state index in [2.05, 4.69) is 30.9 Å². The average molecular weight is 358 g/mol. The second-order valence-corrected chi connectivity index (χ2v) is 8.01. The van der Waals surface area contributed by atoms with Gasteiger partial charge >= 0.3 is 0 Å². The number of hydrogen-bond acceptors (Lipinski definition) is 4. The largest absolute Gasteiger partial charge is 0.463 e.